The van der Waals surface area contributed by atoms with Crippen molar-refractivity contribution in [1.29, 1.82) is 0 Å². The molecule has 0 saturated carbocycles. The number of likely N-dealkylation sites (tertiary alicyclic amines) is 1. The van der Waals surface area contributed by atoms with E-state index in [1.165, 1.54) is 36.1 Å². The quantitative estimate of drug-likeness (QED) is 0.366. The van der Waals surface area contributed by atoms with Crippen molar-refractivity contribution in [2.75, 3.05) is 13.1 Å². The molecule has 41 heavy (non-hydrogen) atoms. The first-order valence-corrected chi connectivity index (χ1v) is 13.8. The summed E-state index contributed by atoms with van der Waals surface area (Å²) in [6.07, 6.45) is -0.382. The van der Waals surface area contributed by atoms with Crippen molar-refractivity contribution in [1.82, 2.24) is 10.2 Å². The molecule has 3 rings (SSSR count). The molecule has 10 heteroatoms. The van der Waals surface area contributed by atoms with Crippen LogP contribution in [0, 0.1) is 0 Å². The summed E-state index contributed by atoms with van der Waals surface area (Å²) in [5.41, 5.74) is 4.29. The Kier molecular flexibility index (Phi) is 12.4. The lowest BCUT2D eigenvalue weighted by molar-refractivity contribution is -0.192. The Bertz CT molecular complexity index is 1140. The smallest absolute Gasteiger partial charge is 0.475 e. The molecule has 1 aliphatic heterocycles. The Morgan fingerprint density at radius 3 is 1.88 bits per heavy atom. The number of nitrogens with one attached hydrogen (secondary N) is 1. The number of halogens is 3. The SMILES string of the molecule is CC(NC(=O)CCc1ccc(-c2ccc(CCN3CCCC3C)cc2)cc1)C(=O)OC(C)(C)C.O=C(O)C(F)(F)F. The van der Waals surface area contributed by atoms with Gasteiger partial charge in [0.05, 0.1) is 0 Å². The molecule has 1 amide bonds. The molecule has 2 atom stereocenters. The van der Waals surface area contributed by atoms with Crippen molar-refractivity contribution in [3.63, 3.8) is 0 Å². The molecule has 1 fully saturated rings. The van der Waals surface area contributed by atoms with Crippen molar-refractivity contribution >= 4 is 17.8 Å². The molecule has 0 bridgehead atoms. The highest BCUT2D eigenvalue weighted by Crippen LogP contribution is 2.22. The number of esters is 1. The number of aliphatic carboxylic acids is 1. The normalized spacial score (nSPS) is 16.3. The third-order valence-electron chi connectivity index (χ3n) is 6.64. The summed E-state index contributed by atoms with van der Waals surface area (Å²) in [6.45, 7) is 11.8. The average molecular weight is 579 g/mol. The van der Waals surface area contributed by atoms with Crippen molar-refractivity contribution in [3.05, 3.63) is 59.7 Å². The van der Waals surface area contributed by atoms with Gasteiger partial charge in [0.1, 0.15) is 11.6 Å². The van der Waals surface area contributed by atoms with E-state index >= 15 is 0 Å². The number of rotatable bonds is 9. The highest BCUT2D eigenvalue weighted by Gasteiger charge is 2.38. The summed E-state index contributed by atoms with van der Waals surface area (Å²) in [4.78, 5) is 35.8. The summed E-state index contributed by atoms with van der Waals surface area (Å²) >= 11 is 0. The van der Waals surface area contributed by atoms with Gasteiger partial charge in [-0.3, -0.25) is 4.79 Å². The van der Waals surface area contributed by atoms with Crippen molar-refractivity contribution in [2.45, 2.75) is 90.6 Å². The second-order valence-electron chi connectivity index (χ2n) is 11.3. The van der Waals surface area contributed by atoms with Crippen LogP contribution in [0.1, 0.15) is 65.0 Å². The Morgan fingerprint density at radius 2 is 1.46 bits per heavy atom. The maximum absolute atomic E-state index is 12.3. The molecule has 0 spiro atoms. The first kappa shape index (κ1) is 33.8. The van der Waals surface area contributed by atoms with Gasteiger partial charge in [-0.1, -0.05) is 48.5 Å². The lowest BCUT2D eigenvalue weighted by atomic mass is 10.00. The van der Waals surface area contributed by atoms with Gasteiger partial charge in [0.2, 0.25) is 5.91 Å². The van der Waals surface area contributed by atoms with Crippen LogP contribution in [0.4, 0.5) is 13.2 Å². The minimum Gasteiger partial charge on any atom is -0.475 e. The fourth-order valence-corrected chi connectivity index (χ4v) is 4.35. The second-order valence-corrected chi connectivity index (χ2v) is 11.3. The zero-order chi connectivity index (χ0) is 30.8. The lowest BCUT2D eigenvalue weighted by Crippen LogP contribution is -2.42. The fourth-order valence-electron chi connectivity index (χ4n) is 4.35. The molecule has 2 aromatic rings. The Labute approximate surface area is 240 Å². The molecule has 1 aliphatic rings. The largest absolute Gasteiger partial charge is 0.490 e. The minimum atomic E-state index is -5.08. The van der Waals surface area contributed by atoms with Crippen molar-refractivity contribution in [2.24, 2.45) is 0 Å². The van der Waals surface area contributed by atoms with E-state index in [4.69, 9.17) is 14.6 Å². The van der Waals surface area contributed by atoms with Crippen LogP contribution < -0.4 is 5.32 Å². The van der Waals surface area contributed by atoms with E-state index in [0.717, 1.165) is 24.6 Å². The molecule has 0 aromatic heterocycles. The van der Waals surface area contributed by atoms with Crippen LogP contribution in [0.25, 0.3) is 11.1 Å². The number of hydrogen-bond acceptors (Lipinski definition) is 5. The molecule has 1 heterocycles. The van der Waals surface area contributed by atoms with E-state index in [9.17, 15) is 22.8 Å². The van der Waals surface area contributed by atoms with Crippen LogP contribution in [0.2, 0.25) is 0 Å². The van der Waals surface area contributed by atoms with E-state index in [1.54, 1.807) is 6.92 Å². The van der Waals surface area contributed by atoms with Gasteiger partial charge < -0.3 is 20.1 Å². The second kappa shape index (κ2) is 15.0. The number of aryl methyl sites for hydroxylation is 1. The van der Waals surface area contributed by atoms with E-state index < -0.39 is 29.8 Å². The zero-order valence-electron chi connectivity index (χ0n) is 24.4. The number of carboxylic acid groups (broad SMARTS) is 1. The summed E-state index contributed by atoms with van der Waals surface area (Å²) < 4.78 is 37.0. The van der Waals surface area contributed by atoms with Gasteiger partial charge in [0.15, 0.2) is 0 Å². The molecule has 0 radical (unpaired) electrons. The van der Waals surface area contributed by atoms with E-state index in [2.05, 4.69) is 65.7 Å². The van der Waals surface area contributed by atoms with Crippen LogP contribution in [0.5, 0.6) is 0 Å². The predicted octanol–water partition coefficient (Wildman–Crippen LogP) is 5.79. The zero-order valence-corrected chi connectivity index (χ0v) is 24.4. The van der Waals surface area contributed by atoms with E-state index in [1.807, 2.05) is 20.8 Å². The molecule has 226 valence electrons. The average Bonchev–Trinajstić information content (AvgIpc) is 3.30. The highest BCUT2D eigenvalue weighted by atomic mass is 19.4. The summed E-state index contributed by atoms with van der Waals surface area (Å²) in [5, 5.41) is 9.85. The minimum absolute atomic E-state index is 0.152. The van der Waals surface area contributed by atoms with Gasteiger partial charge in [-0.15, -0.1) is 0 Å². The van der Waals surface area contributed by atoms with Crippen LogP contribution in [0.15, 0.2) is 48.5 Å². The number of ether oxygens (including phenoxy) is 1. The Hall–Kier alpha value is -3.40. The summed E-state index contributed by atoms with van der Waals surface area (Å²) in [6, 6.07) is 17.3. The first-order valence-electron chi connectivity index (χ1n) is 13.8. The first-order chi connectivity index (χ1) is 19.0. The third kappa shape index (κ3) is 12.3. The number of nitrogens with zero attached hydrogens (tertiary/aromatic N) is 1. The van der Waals surface area contributed by atoms with Gasteiger partial charge in [-0.2, -0.15) is 13.2 Å². The Morgan fingerprint density at radius 1 is 0.976 bits per heavy atom. The molecule has 2 unspecified atom stereocenters. The maximum Gasteiger partial charge on any atom is 0.490 e. The number of alkyl halides is 3. The van der Waals surface area contributed by atoms with Gasteiger partial charge >= 0.3 is 18.1 Å². The number of carboxylic acids is 1. The van der Waals surface area contributed by atoms with E-state index in [0.29, 0.717) is 12.8 Å². The van der Waals surface area contributed by atoms with Gasteiger partial charge in [0.25, 0.3) is 0 Å². The molecule has 2 N–H and O–H groups in total. The van der Waals surface area contributed by atoms with Gasteiger partial charge in [-0.25, -0.2) is 9.59 Å². The number of amides is 1. The molecule has 2 aromatic carbocycles. The number of carbonyl (C=O) groups is 3. The third-order valence-corrected chi connectivity index (χ3v) is 6.64. The number of hydrogen-bond donors (Lipinski definition) is 2. The van der Waals surface area contributed by atoms with Crippen LogP contribution >= 0.6 is 0 Å². The van der Waals surface area contributed by atoms with E-state index in [-0.39, 0.29) is 5.91 Å². The van der Waals surface area contributed by atoms with Gasteiger partial charge in [0, 0.05) is 19.0 Å². The monoisotopic (exact) mass is 578 g/mol. The lowest BCUT2D eigenvalue weighted by Gasteiger charge is -2.22. The molecule has 7 nitrogen and oxygen atoms in total. The number of carbonyl (C=O) groups excluding carboxylic acids is 2. The number of benzene rings is 2. The molecular weight excluding hydrogens is 537 g/mol. The standard InChI is InChI=1S/C29H40N2O3.C2HF3O2/c1-21-7-6-19-31(21)20-18-24-10-15-26(16-11-24)25-13-8-23(9-14-25)12-17-27(32)30-22(2)28(33)34-29(3,4)5;3-2(4,5)1(6)7/h8-11,13-16,21-22H,6-7,12,17-20H2,1-5H3,(H,30,32);(H,6,7). The predicted molar refractivity (Wildman–Crippen MR) is 151 cm³/mol. The van der Waals surface area contributed by atoms with Crippen LogP contribution in [-0.4, -0.2) is 64.8 Å². The summed E-state index contributed by atoms with van der Waals surface area (Å²) in [7, 11) is 0. The fraction of sp³-hybridized carbons (Fsp3) is 0.516. The molecular formula is C31H41F3N2O5. The van der Waals surface area contributed by atoms with Crippen molar-refractivity contribution < 1.29 is 37.4 Å². The van der Waals surface area contributed by atoms with Crippen LogP contribution in [0.3, 0.4) is 0 Å². The van der Waals surface area contributed by atoms with Crippen LogP contribution in [-0.2, 0) is 32.0 Å². The molecule has 1 saturated heterocycles. The van der Waals surface area contributed by atoms with Gasteiger partial charge in [-0.05, 0) is 89.1 Å². The maximum atomic E-state index is 12.3. The summed E-state index contributed by atoms with van der Waals surface area (Å²) in [5.74, 6) is -3.32. The Balaban J connectivity index is 0.000000745. The van der Waals surface area contributed by atoms with Crippen molar-refractivity contribution in [3.8, 4) is 11.1 Å². The highest BCUT2D eigenvalue weighted by molar-refractivity contribution is 5.84. The topological polar surface area (TPSA) is 95.9 Å². The molecule has 0 aliphatic carbocycles.